The number of nitrogens with zero attached hydrogens (tertiary/aromatic N) is 6. The zero-order chi connectivity index (χ0) is 24.6. The molecule has 2 aliphatic heterocycles. The van der Waals surface area contributed by atoms with Crippen LogP contribution in [0.4, 0.5) is 4.79 Å². The average Bonchev–Trinajstić information content (AvgIpc) is 3.29. The molecule has 10 nitrogen and oxygen atoms in total. The van der Waals surface area contributed by atoms with E-state index in [9.17, 15) is 13.2 Å². The molecule has 0 N–H and O–H groups in total. The summed E-state index contributed by atoms with van der Waals surface area (Å²) in [6, 6.07) is 9.11. The maximum Gasteiger partial charge on any atom is 0.417 e. The van der Waals surface area contributed by atoms with E-state index >= 15 is 0 Å². The number of fused-ring (bicyclic) bond motifs is 1. The summed E-state index contributed by atoms with van der Waals surface area (Å²) in [6.07, 6.45) is 4.25. The molecule has 2 aromatic heterocycles. The number of hydrogen-bond acceptors (Lipinski definition) is 7. The van der Waals surface area contributed by atoms with Crippen molar-refractivity contribution in [3.05, 3.63) is 70.8 Å². The molecular weight excluding hydrogens is 492 g/mol. The third kappa shape index (κ3) is 4.98. The van der Waals surface area contributed by atoms with Crippen molar-refractivity contribution in [1.82, 2.24) is 28.5 Å². The van der Waals surface area contributed by atoms with E-state index in [0.717, 1.165) is 27.9 Å². The molecule has 35 heavy (non-hydrogen) atoms. The van der Waals surface area contributed by atoms with Gasteiger partial charge in [-0.3, -0.25) is 4.98 Å². The van der Waals surface area contributed by atoms with Gasteiger partial charge in [0.25, 0.3) is 10.2 Å². The van der Waals surface area contributed by atoms with Gasteiger partial charge >= 0.3 is 12.1 Å². The minimum absolute atomic E-state index is 0.0620. The van der Waals surface area contributed by atoms with E-state index in [1.54, 1.807) is 30.7 Å². The van der Waals surface area contributed by atoms with Crippen LogP contribution >= 0.6 is 11.6 Å². The van der Waals surface area contributed by atoms with Crippen LogP contribution in [0.5, 0.6) is 6.01 Å². The number of halogens is 1. The van der Waals surface area contributed by atoms with Gasteiger partial charge in [-0.1, -0.05) is 17.7 Å². The second-order valence-electron chi connectivity index (χ2n) is 8.38. The van der Waals surface area contributed by atoms with Gasteiger partial charge in [-0.25, -0.2) is 14.8 Å². The number of rotatable bonds is 4. The second kappa shape index (κ2) is 9.50. The first-order valence-corrected chi connectivity index (χ1v) is 12.8. The van der Waals surface area contributed by atoms with Crippen LogP contribution in [-0.2, 0) is 23.3 Å². The molecule has 0 aliphatic carbocycles. The van der Waals surface area contributed by atoms with Gasteiger partial charge in [0.05, 0.1) is 0 Å². The van der Waals surface area contributed by atoms with Crippen molar-refractivity contribution in [2.24, 2.45) is 0 Å². The average molecular weight is 515 g/mol. The Morgan fingerprint density at radius 1 is 0.914 bits per heavy atom. The zero-order valence-corrected chi connectivity index (χ0v) is 20.5. The van der Waals surface area contributed by atoms with Gasteiger partial charge in [0.15, 0.2) is 0 Å². The Labute approximate surface area is 208 Å². The molecule has 4 heterocycles. The van der Waals surface area contributed by atoms with Crippen molar-refractivity contribution in [2.75, 3.05) is 26.2 Å². The fraction of sp³-hybridized carbons (Fsp3) is 0.304. The highest BCUT2D eigenvalue weighted by Crippen LogP contribution is 2.29. The van der Waals surface area contributed by atoms with Crippen molar-refractivity contribution >= 4 is 27.9 Å². The summed E-state index contributed by atoms with van der Waals surface area (Å²) in [4.78, 5) is 26.5. The third-order valence-electron chi connectivity index (χ3n) is 6.05. The molecule has 1 saturated heterocycles. The lowest BCUT2D eigenvalue weighted by Crippen LogP contribution is -2.54. The molecule has 1 aromatic carbocycles. The lowest BCUT2D eigenvalue weighted by molar-refractivity contribution is 0.128. The normalized spacial score (nSPS) is 16.8. The van der Waals surface area contributed by atoms with Gasteiger partial charge in [-0.05, 0) is 47.9 Å². The van der Waals surface area contributed by atoms with Crippen LogP contribution in [0.25, 0.3) is 11.1 Å². The van der Waals surface area contributed by atoms with Crippen molar-refractivity contribution in [3.8, 4) is 17.1 Å². The fourth-order valence-electron chi connectivity index (χ4n) is 4.15. The summed E-state index contributed by atoms with van der Waals surface area (Å²) in [7, 11) is -3.67. The maximum atomic E-state index is 13.1. The van der Waals surface area contributed by atoms with Crippen LogP contribution in [0, 0.1) is 6.92 Å². The Morgan fingerprint density at radius 2 is 1.63 bits per heavy atom. The van der Waals surface area contributed by atoms with Crippen LogP contribution in [0.3, 0.4) is 0 Å². The maximum absolute atomic E-state index is 13.1. The number of amides is 1. The summed E-state index contributed by atoms with van der Waals surface area (Å²) in [5.41, 5.74) is 4.42. The summed E-state index contributed by atoms with van der Waals surface area (Å²) >= 11 is 6.04. The largest absolute Gasteiger partial charge is 0.417 e. The summed E-state index contributed by atoms with van der Waals surface area (Å²) in [5.74, 6) is 0. The Kier molecular flexibility index (Phi) is 6.41. The number of aromatic nitrogens is 3. The van der Waals surface area contributed by atoms with Gasteiger partial charge in [0, 0.05) is 74.1 Å². The van der Waals surface area contributed by atoms with Gasteiger partial charge in [-0.2, -0.15) is 17.0 Å². The van der Waals surface area contributed by atoms with Gasteiger partial charge in [0.2, 0.25) is 0 Å². The molecule has 3 aromatic rings. The molecule has 0 radical (unpaired) electrons. The third-order valence-corrected chi connectivity index (χ3v) is 8.21. The van der Waals surface area contributed by atoms with Crippen LogP contribution in [0.15, 0.2) is 48.9 Å². The molecule has 5 rings (SSSR count). The molecule has 0 atom stereocenters. The van der Waals surface area contributed by atoms with E-state index < -0.39 is 16.3 Å². The number of pyridine rings is 1. The van der Waals surface area contributed by atoms with Crippen LogP contribution < -0.4 is 4.74 Å². The summed E-state index contributed by atoms with van der Waals surface area (Å²) in [6.45, 7) is 3.25. The molecule has 182 valence electrons. The molecule has 0 spiro atoms. The number of piperazine rings is 1. The number of carbonyl (C=O) groups excluding carboxylic acids is 1. The zero-order valence-electron chi connectivity index (χ0n) is 19.0. The highest BCUT2D eigenvalue weighted by molar-refractivity contribution is 7.86. The lowest BCUT2D eigenvalue weighted by atomic mass is 10.1. The number of ether oxygens (including phenoxy) is 1. The van der Waals surface area contributed by atoms with Crippen LogP contribution in [0.2, 0.25) is 5.02 Å². The molecule has 12 heteroatoms. The highest BCUT2D eigenvalue weighted by atomic mass is 35.5. The Balaban J connectivity index is 1.16. The fourth-order valence-corrected chi connectivity index (χ4v) is 5.90. The predicted octanol–water partition coefficient (Wildman–Crippen LogP) is 2.88. The van der Waals surface area contributed by atoms with Crippen molar-refractivity contribution in [3.63, 3.8) is 0 Å². The first kappa shape index (κ1) is 23.6. The second-order valence-corrected chi connectivity index (χ2v) is 10.7. The number of carbonyl (C=O) groups is 1. The Morgan fingerprint density at radius 3 is 2.34 bits per heavy atom. The summed E-state index contributed by atoms with van der Waals surface area (Å²) in [5, 5.41) is 0.584. The van der Waals surface area contributed by atoms with Crippen molar-refractivity contribution in [2.45, 2.75) is 20.0 Å². The molecule has 1 amide bonds. The minimum atomic E-state index is -3.67. The predicted molar refractivity (Wildman–Crippen MR) is 129 cm³/mol. The van der Waals surface area contributed by atoms with Crippen LogP contribution in [-0.4, -0.2) is 69.2 Å². The van der Waals surface area contributed by atoms with E-state index in [2.05, 4.69) is 15.0 Å². The molecular formula is C23H23ClN6O4S. The Hall–Kier alpha value is -3.12. The molecule has 0 saturated carbocycles. The quantitative estimate of drug-likeness (QED) is 0.526. The van der Waals surface area contributed by atoms with E-state index in [1.807, 2.05) is 25.1 Å². The monoisotopic (exact) mass is 514 g/mol. The number of hydrogen-bond donors (Lipinski definition) is 0. The van der Waals surface area contributed by atoms with E-state index in [-0.39, 0.29) is 38.7 Å². The van der Waals surface area contributed by atoms with Gasteiger partial charge in [-0.15, -0.1) is 0 Å². The molecule has 1 fully saturated rings. The SMILES string of the molecule is Cc1cc(-c2cnc(OC(=O)N3CCN(S(=O)(=O)N4Cc5ccc(Cl)cc5C4)CC3)nc2)ccn1. The van der Waals surface area contributed by atoms with E-state index in [0.29, 0.717) is 11.6 Å². The number of benzene rings is 1. The molecule has 0 unspecified atom stereocenters. The first-order valence-electron chi connectivity index (χ1n) is 11.0. The summed E-state index contributed by atoms with van der Waals surface area (Å²) < 4.78 is 34.4. The Bertz CT molecular complexity index is 1360. The van der Waals surface area contributed by atoms with Crippen molar-refractivity contribution < 1.29 is 17.9 Å². The molecule has 0 bridgehead atoms. The topological polar surface area (TPSA) is 109 Å². The minimum Gasteiger partial charge on any atom is -0.374 e. The van der Waals surface area contributed by atoms with E-state index in [1.165, 1.54) is 13.5 Å². The smallest absolute Gasteiger partial charge is 0.374 e. The molecule has 2 aliphatic rings. The highest BCUT2D eigenvalue weighted by Gasteiger charge is 2.37. The van der Waals surface area contributed by atoms with Gasteiger partial charge in [0.1, 0.15) is 0 Å². The lowest BCUT2D eigenvalue weighted by Gasteiger charge is -2.35. The first-order chi connectivity index (χ1) is 16.8. The van der Waals surface area contributed by atoms with Crippen LogP contribution in [0.1, 0.15) is 16.8 Å². The standard InChI is InChI=1S/C23H23ClN6O4S/c1-16-10-17(4-5-25-16)20-12-26-22(27-13-20)34-23(31)28-6-8-29(9-7-28)35(32,33)30-14-18-2-3-21(24)11-19(18)15-30/h2-5,10-13H,6-9,14-15H2,1H3. The van der Waals surface area contributed by atoms with Crippen molar-refractivity contribution in [1.29, 1.82) is 0 Å². The van der Waals surface area contributed by atoms with Gasteiger partial charge < -0.3 is 9.64 Å². The number of aryl methyl sites for hydroxylation is 1. The van der Waals surface area contributed by atoms with E-state index in [4.69, 9.17) is 16.3 Å².